The molecule has 2 aliphatic rings. The van der Waals surface area contributed by atoms with E-state index in [4.69, 9.17) is 5.73 Å². The summed E-state index contributed by atoms with van der Waals surface area (Å²) in [5.41, 5.74) is 5.79. The summed E-state index contributed by atoms with van der Waals surface area (Å²) >= 11 is 0. The van der Waals surface area contributed by atoms with Gasteiger partial charge >= 0.3 is 0 Å². The van der Waals surface area contributed by atoms with Crippen LogP contribution in [-0.4, -0.2) is 30.1 Å². The standard InChI is InChI=1S/C13H26N2/c1-11(14)5-4-9-15-10-8-12-6-2-3-7-13(12)15/h11-13H,2-10,14H2,1H3. The molecule has 2 N–H and O–H groups in total. The van der Waals surface area contributed by atoms with Crippen molar-refractivity contribution >= 4 is 0 Å². The summed E-state index contributed by atoms with van der Waals surface area (Å²) in [5.74, 6) is 1.04. The predicted octanol–water partition coefficient (Wildman–Crippen LogP) is 2.38. The molecule has 1 heterocycles. The van der Waals surface area contributed by atoms with E-state index in [2.05, 4.69) is 11.8 Å². The Morgan fingerprint density at radius 1 is 1.27 bits per heavy atom. The minimum atomic E-state index is 0.384. The Labute approximate surface area is 94.2 Å². The van der Waals surface area contributed by atoms with Crippen molar-refractivity contribution in [3.05, 3.63) is 0 Å². The van der Waals surface area contributed by atoms with Crippen LogP contribution in [0.1, 0.15) is 51.9 Å². The molecule has 0 aromatic heterocycles. The van der Waals surface area contributed by atoms with Gasteiger partial charge in [0.25, 0.3) is 0 Å². The lowest BCUT2D eigenvalue weighted by Crippen LogP contribution is -2.35. The van der Waals surface area contributed by atoms with Crippen molar-refractivity contribution in [2.75, 3.05) is 13.1 Å². The zero-order valence-electron chi connectivity index (χ0n) is 10.1. The van der Waals surface area contributed by atoms with Crippen molar-refractivity contribution in [1.82, 2.24) is 4.90 Å². The van der Waals surface area contributed by atoms with Crippen LogP contribution in [0.2, 0.25) is 0 Å². The molecule has 1 saturated heterocycles. The van der Waals surface area contributed by atoms with Crippen LogP contribution in [0.25, 0.3) is 0 Å². The molecular weight excluding hydrogens is 184 g/mol. The van der Waals surface area contributed by atoms with Crippen molar-refractivity contribution in [2.24, 2.45) is 11.7 Å². The summed E-state index contributed by atoms with van der Waals surface area (Å²) in [5, 5.41) is 0. The number of nitrogens with zero attached hydrogens (tertiary/aromatic N) is 1. The average Bonchev–Trinajstić information content (AvgIpc) is 2.62. The maximum atomic E-state index is 5.79. The maximum Gasteiger partial charge on any atom is 0.0124 e. The third-order valence-electron chi connectivity index (χ3n) is 4.23. The lowest BCUT2D eigenvalue weighted by atomic mass is 9.85. The van der Waals surface area contributed by atoms with Gasteiger partial charge < -0.3 is 10.6 Å². The van der Waals surface area contributed by atoms with E-state index in [1.807, 2.05) is 0 Å². The Morgan fingerprint density at radius 2 is 2.07 bits per heavy atom. The second-order valence-electron chi connectivity index (χ2n) is 5.56. The zero-order chi connectivity index (χ0) is 10.7. The summed E-state index contributed by atoms with van der Waals surface area (Å²) in [7, 11) is 0. The largest absolute Gasteiger partial charge is 0.328 e. The van der Waals surface area contributed by atoms with E-state index in [1.165, 1.54) is 58.0 Å². The minimum Gasteiger partial charge on any atom is -0.328 e. The van der Waals surface area contributed by atoms with Crippen LogP contribution in [0.3, 0.4) is 0 Å². The molecule has 0 aromatic rings. The van der Waals surface area contributed by atoms with Crippen LogP contribution in [0.15, 0.2) is 0 Å². The van der Waals surface area contributed by atoms with Gasteiger partial charge in [0.2, 0.25) is 0 Å². The van der Waals surface area contributed by atoms with E-state index < -0.39 is 0 Å². The van der Waals surface area contributed by atoms with Crippen LogP contribution in [0.4, 0.5) is 0 Å². The molecular formula is C13H26N2. The first-order chi connectivity index (χ1) is 7.27. The summed E-state index contributed by atoms with van der Waals surface area (Å²) in [6.07, 6.45) is 9.84. The fraction of sp³-hybridized carbons (Fsp3) is 1.00. The van der Waals surface area contributed by atoms with Gasteiger partial charge in [0.15, 0.2) is 0 Å². The van der Waals surface area contributed by atoms with Gasteiger partial charge in [-0.3, -0.25) is 0 Å². The zero-order valence-corrected chi connectivity index (χ0v) is 10.1. The highest BCUT2D eigenvalue weighted by molar-refractivity contribution is 4.89. The Hall–Kier alpha value is -0.0800. The lowest BCUT2D eigenvalue weighted by molar-refractivity contribution is 0.179. The highest BCUT2D eigenvalue weighted by atomic mass is 15.2. The van der Waals surface area contributed by atoms with Crippen LogP contribution < -0.4 is 5.73 Å². The molecule has 3 unspecified atom stereocenters. The topological polar surface area (TPSA) is 29.3 Å². The summed E-state index contributed by atoms with van der Waals surface area (Å²) in [6.45, 7) is 4.77. The summed E-state index contributed by atoms with van der Waals surface area (Å²) < 4.78 is 0. The van der Waals surface area contributed by atoms with Gasteiger partial charge in [-0.25, -0.2) is 0 Å². The SMILES string of the molecule is CC(N)CCCN1CCC2CCCCC21. The van der Waals surface area contributed by atoms with E-state index in [-0.39, 0.29) is 0 Å². The van der Waals surface area contributed by atoms with Gasteiger partial charge in [0, 0.05) is 12.1 Å². The van der Waals surface area contributed by atoms with Gasteiger partial charge in [-0.05, 0) is 58.0 Å². The molecule has 15 heavy (non-hydrogen) atoms. The van der Waals surface area contributed by atoms with Gasteiger partial charge in [-0.2, -0.15) is 0 Å². The van der Waals surface area contributed by atoms with Crippen molar-refractivity contribution in [3.8, 4) is 0 Å². The third kappa shape index (κ3) is 2.94. The summed E-state index contributed by atoms with van der Waals surface area (Å²) in [6, 6.07) is 1.32. The first-order valence-corrected chi connectivity index (χ1v) is 6.77. The number of hydrogen-bond acceptors (Lipinski definition) is 2. The Balaban J connectivity index is 1.73. The minimum absolute atomic E-state index is 0.384. The van der Waals surface area contributed by atoms with Crippen LogP contribution in [0, 0.1) is 5.92 Å². The number of nitrogens with two attached hydrogens (primary N) is 1. The number of hydrogen-bond donors (Lipinski definition) is 1. The van der Waals surface area contributed by atoms with E-state index >= 15 is 0 Å². The molecule has 3 atom stereocenters. The smallest absolute Gasteiger partial charge is 0.0124 e. The number of rotatable bonds is 4. The average molecular weight is 210 g/mol. The van der Waals surface area contributed by atoms with Crippen molar-refractivity contribution in [1.29, 1.82) is 0 Å². The molecule has 1 aliphatic heterocycles. The molecule has 2 heteroatoms. The highest BCUT2D eigenvalue weighted by Gasteiger charge is 2.34. The van der Waals surface area contributed by atoms with E-state index in [9.17, 15) is 0 Å². The monoisotopic (exact) mass is 210 g/mol. The van der Waals surface area contributed by atoms with Gasteiger partial charge in [-0.15, -0.1) is 0 Å². The highest BCUT2D eigenvalue weighted by Crippen LogP contribution is 2.36. The Morgan fingerprint density at radius 3 is 2.87 bits per heavy atom. The molecule has 2 rings (SSSR count). The van der Waals surface area contributed by atoms with Crippen LogP contribution >= 0.6 is 0 Å². The van der Waals surface area contributed by atoms with Gasteiger partial charge in [0.1, 0.15) is 0 Å². The first kappa shape index (κ1) is 11.4. The van der Waals surface area contributed by atoms with Gasteiger partial charge in [0.05, 0.1) is 0 Å². The lowest BCUT2D eigenvalue weighted by Gasteiger charge is -2.31. The second kappa shape index (κ2) is 5.31. The molecule has 2 fully saturated rings. The molecule has 2 nitrogen and oxygen atoms in total. The van der Waals surface area contributed by atoms with Crippen LogP contribution in [-0.2, 0) is 0 Å². The molecule has 0 aromatic carbocycles. The van der Waals surface area contributed by atoms with Crippen LogP contribution in [0.5, 0.6) is 0 Å². The van der Waals surface area contributed by atoms with Crippen molar-refractivity contribution in [3.63, 3.8) is 0 Å². The molecule has 0 amide bonds. The molecule has 1 saturated carbocycles. The van der Waals surface area contributed by atoms with Gasteiger partial charge in [-0.1, -0.05) is 12.8 Å². The fourth-order valence-corrected chi connectivity index (χ4v) is 3.40. The van der Waals surface area contributed by atoms with E-state index in [0.29, 0.717) is 6.04 Å². The fourth-order valence-electron chi connectivity index (χ4n) is 3.40. The maximum absolute atomic E-state index is 5.79. The van der Waals surface area contributed by atoms with E-state index in [1.54, 1.807) is 0 Å². The van der Waals surface area contributed by atoms with E-state index in [0.717, 1.165) is 12.0 Å². The van der Waals surface area contributed by atoms with Crippen molar-refractivity contribution < 1.29 is 0 Å². The number of likely N-dealkylation sites (tertiary alicyclic amines) is 1. The molecule has 0 radical (unpaired) electrons. The Kier molecular flexibility index (Phi) is 4.04. The second-order valence-corrected chi connectivity index (χ2v) is 5.56. The third-order valence-corrected chi connectivity index (χ3v) is 4.23. The predicted molar refractivity (Wildman–Crippen MR) is 64.8 cm³/mol. The first-order valence-electron chi connectivity index (χ1n) is 6.77. The summed E-state index contributed by atoms with van der Waals surface area (Å²) in [4.78, 5) is 2.74. The normalized spacial score (nSPS) is 34.0. The Bertz CT molecular complexity index is 191. The molecule has 0 bridgehead atoms. The number of fused-ring (bicyclic) bond motifs is 1. The molecule has 0 spiro atoms. The van der Waals surface area contributed by atoms with Crippen molar-refractivity contribution in [2.45, 2.75) is 64.0 Å². The molecule has 1 aliphatic carbocycles. The quantitative estimate of drug-likeness (QED) is 0.772. The molecule has 88 valence electrons.